The Balaban J connectivity index is 2.61. The second-order valence-corrected chi connectivity index (χ2v) is 4.66. The maximum absolute atomic E-state index is 5.75. The van der Waals surface area contributed by atoms with Crippen molar-refractivity contribution >= 4 is 0 Å². The van der Waals surface area contributed by atoms with Gasteiger partial charge < -0.3 is 14.6 Å². The van der Waals surface area contributed by atoms with Gasteiger partial charge in [-0.15, -0.1) is 0 Å². The molecule has 1 aromatic rings. The smallest absolute Gasteiger partial charge is 0.127 e. The van der Waals surface area contributed by atoms with E-state index >= 15 is 0 Å². The topological polar surface area (TPSA) is 39.1 Å². The molecule has 1 rings (SSSR count). The van der Waals surface area contributed by atoms with E-state index in [-0.39, 0.29) is 11.6 Å². The van der Waals surface area contributed by atoms with E-state index in [1.54, 1.807) is 6.20 Å². The van der Waals surface area contributed by atoms with Crippen LogP contribution in [0.5, 0.6) is 0 Å². The van der Waals surface area contributed by atoms with Gasteiger partial charge in [0.05, 0.1) is 18.2 Å². The second kappa shape index (κ2) is 4.77. The van der Waals surface area contributed by atoms with Gasteiger partial charge in [0, 0.05) is 19.4 Å². The van der Waals surface area contributed by atoms with E-state index in [0.29, 0.717) is 6.61 Å². The van der Waals surface area contributed by atoms with Crippen LogP contribution >= 0.6 is 0 Å². The lowest BCUT2D eigenvalue weighted by molar-refractivity contribution is -0.0152. The number of nitrogens with one attached hydrogen (secondary N) is 1. The van der Waals surface area contributed by atoms with Gasteiger partial charge in [-0.05, 0) is 27.8 Å². The van der Waals surface area contributed by atoms with Gasteiger partial charge in [0.25, 0.3) is 0 Å². The number of imidazole rings is 1. The van der Waals surface area contributed by atoms with E-state index in [0.717, 1.165) is 5.82 Å². The highest BCUT2D eigenvalue weighted by molar-refractivity contribution is 4.98. The van der Waals surface area contributed by atoms with Crippen LogP contribution in [0.4, 0.5) is 0 Å². The highest BCUT2D eigenvalue weighted by Crippen LogP contribution is 2.14. The monoisotopic (exact) mass is 211 g/mol. The summed E-state index contributed by atoms with van der Waals surface area (Å²) in [7, 11) is 3.91. The fraction of sp³-hybridized carbons (Fsp3) is 0.727. The van der Waals surface area contributed by atoms with Crippen molar-refractivity contribution in [2.75, 3.05) is 13.7 Å². The van der Waals surface area contributed by atoms with Crippen LogP contribution in [0.15, 0.2) is 12.4 Å². The molecule has 1 heterocycles. The van der Waals surface area contributed by atoms with Crippen LogP contribution in [0, 0.1) is 0 Å². The van der Waals surface area contributed by atoms with Gasteiger partial charge in [0.1, 0.15) is 5.82 Å². The molecule has 4 nitrogen and oxygen atoms in total. The third-order valence-electron chi connectivity index (χ3n) is 2.20. The molecule has 0 radical (unpaired) electrons. The Kier molecular flexibility index (Phi) is 3.88. The zero-order valence-corrected chi connectivity index (χ0v) is 10.2. The van der Waals surface area contributed by atoms with Crippen LogP contribution in [0.2, 0.25) is 0 Å². The van der Waals surface area contributed by atoms with Gasteiger partial charge in [-0.25, -0.2) is 4.98 Å². The summed E-state index contributed by atoms with van der Waals surface area (Å²) >= 11 is 0. The molecule has 86 valence electrons. The summed E-state index contributed by atoms with van der Waals surface area (Å²) in [6.45, 7) is 6.79. The number of hydrogen-bond donors (Lipinski definition) is 1. The lowest BCUT2D eigenvalue weighted by atomic mass is 10.2. The highest BCUT2D eigenvalue weighted by atomic mass is 16.5. The number of rotatable bonds is 4. The number of hydrogen-bond acceptors (Lipinski definition) is 3. The molecule has 0 aliphatic rings. The van der Waals surface area contributed by atoms with E-state index in [4.69, 9.17) is 4.74 Å². The van der Waals surface area contributed by atoms with Crippen LogP contribution in [-0.4, -0.2) is 28.8 Å². The molecule has 4 heteroatoms. The summed E-state index contributed by atoms with van der Waals surface area (Å²) in [6, 6.07) is 0.143. The van der Waals surface area contributed by atoms with E-state index in [1.807, 2.05) is 24.9 Å². The molecule has 1 N–H and O–H groups in total. The van der Waals surface area contributed by atoms with Crippen molar-refractivity contribution in [2.45, 2.75) is 32.4 Å². The third kappa shape index (κ3) is 3.64. The van der Waals surface area contributed by atoms with Crippen molar-refractivity contribution < 1.29 is 4.74 Å². The van der Waals surface area contributed by atoms with Crippen molar-refractivity contribution in [2.24, 2.45) is 7.05 Å². The van der Waals surface area contributed by atoms with Gasteiger partial charge in [0.15, 0.2) is 0 Å². The lowest BCUT2D eigenvalue weighted by Gasteiger charge is -2.24. The van der Waals surface area contributed by atoms with Crippen LogP contribution < -0.4 is 5.32 Å². The molecule has 1 atom stereocenters. The van der Waals surface area contributed by atoms with Gasteiger partial charge in [-0.2, -0.15) is 0 Å². The van der Waals surface area contributed by atoms with Gasteiger partial charge in [0.2, 0.25) is 0 Å². The zero-order valence-electron chi connectivity index (χ0n) is 10.2. The molecule has 0 aromatic carbocycles. The number of aromatic nitrogens is 2. The molecule has 0 aliphatic carbocycles. The third-order valence-corrected chi connectivity index (χ3v) is 2.20. The van der Waals surface area contributed by atoms with Crippen molar-refractivity contribution in [1.29, 1.82) is 0 Å². The Labute approximate surface area is 91.7 Å². The number of likely N-dealkylation sites (N-methyl/N-ethyl adjacent to an activating group) is 1. The first-order chi connectivity index (χ1) is 6.94. The van der Waals surface area contributed by atoms with E-state index < -0.39 is 0 Å². The molecule has 0 fully saturated rings. The summed E-state index contributed by atoms with van der Waals surface area (Å²) in [4.78, 5) is 4.31. The molecule has 15 heavy (non-hydrogen) atoms. The zero-order chi connectivity index (χ0) is 11.5. The molecule has 1 aromatic heterocycles. The van der Waals surface area contributed by atoms with Crippen LogP contribution in [0.3, 0.4) is 0 Å². The Morgan fingerprint density at radius 2 is 2.20 bits per heavy atom. The second-order valence-electron chi connectivity index (χ2n) is 4.66. The molecule has 0 saturated carbocycles. The summed E-state index contributed by atoms with van der Waals surface area (Å²) in [5.41, 5.74) is -0.111. The van der Waals surface area contributed by atoms with Crippen molar-refractivity contribution in [3.05, 3.63) is 18.2 Å². The van der Waals surface area contributed by atoms with Crippen LogP contribution in [-0.2, 0) is 11.8 Å². The molecular weight excluding hydrogens is 190 g/mol. The summed E-state index contributed by atoms with van der Waals surface area (Å²) < 4.78 is 7.75. The maximum atomic E-state index is 5.75. The van der Waals surface area contributed by atoms with Gasteiger partial charge >= 0.3 is 0 Å². The minimum atomic E-state index is -0.111. The average molecular weight is 211 g/mol. The minimum Gasteiger partial charge on any atom is -0.374 e. The van der Waals surface area contributed by atoms with Gasteiger partial charge in [-0.3, -0.25) is 0 Å². The first-order valence-electron chi connectivity index (χ1n) is 5.22. The summed E-state index contributed by atoms with van der Waals surface area (Å²) in [6.07, 6.45) is 3.74. The molecule has 0 saturated heterocycles. The van der Waals surface area contributed by atoms with Crippen molar-refractivity contribution in [3.63, 3.8) is 0 Å². The molecule has 0 aliphatic heterocycles. The van der Waals surface area contributed by atoms with Crippen LogP contribution in [0.1, 0.15) is 32.6 Å². The minimum absolute atomic E-state index is 0.111. The predicted molar refractivity (Wildman–Crippen MR) is 60.7 cm³/mol. The van der Waals surface area contributed by atoms with E-state index in [9.17, 15) is 0 Å². The van der Waals surface area contributed by atoms with E-state index in [2.05, 4.69) is 31.1 Å². The van der Waals surface area contributed by atoms with Crippen molar-refractivity contribution in [3.8, 4) is 0 Å². The van der Waals surface area contributed by atoms with Crippen molar-refractivity contribution in [1.82, 2.24) is 14.9 Å². The fourth-order valence-electron chi connectivity index (χ4n) is 1.33. The Bertz CT molecular complexity index is 301. The quantitative estimate of drug-likeness (QED) is 0.820. The first kappa shape index (κ1) is 12.2. The normalized spacial score (nSPS) is 14.2. The standard InChI is InChI=1S/C11H21N3O/c1-11(2,3)15-8-9(12-4)10-13-6-7-14(10)5/h6-7,9,12H,8H2,1-5H3. The maximum Gasteiger partial charge on any atom is 0.127 e. The van der Waals surface area contributed by atoms with E-state index in [1.165, 1.54) is 0 Å². The first-order valence-corrected chi connectivity index (χ1v) is 5.22. The SMILES string of the molecule is CNC(COC(C)(C)C)c1nccn1C. The fourth-order valence-corrected chi connectivity index (χ4v) is 1.33. The lowest BCUT2D eigenvalue weighted by Crippen LogP contribution is -2.30. The molecule has 0 bridgehead atoms. The Hall–Kier alpha value is -0.870. The Morgan fingerprint density at radius 1 is 1.53 bits per heavy atom. The summed E-state index contributed by atoms with van der Waals surface area (Å²) in [5.74, 6) is 1.00. The summed E-state index contributed by atoms with van der Waals surface area (Å²) in [5, 5.41) is 3.21. The molecular formula is C11H21N3O. The molecule has 1 unspecified atom stereocenters. The highest BCUT2D eigenvalue weighted by Gasteiger charge is 2.18. The molecule has 0 spiro atoms. The average Bonchev–Trinajstić information content (AvgIpc) is 2.52. The largest absolute Gasteiger partial charge is 0.374 e. The molecule has 0 amide bonds. The Morgan fingerprint density at radius 3 is 2.60 bits per heavy atom. The predicted octanol–water partition coefficient (Wildman–Crippen LogP) is 1.50. The van der Waals surface area contributed by atoms with Gasteiger partial charge in [-0.1, -0.05) is 0 Å². The number of ether oxygens (including phenoxy) is 1. The number of aryl methyl sites for hydroxylation is 1. The van der Waals surface area contributed by atoms with Crippen LogP contribution in [0.25, 0.3) is 0 Å². The number of nitrogens with zero attached hydrogens (tertiary/aromatic N) is 2.